The second-order valence-electron chi connectivity index (χ2n) is 8.00. The van der Waals surface area contributed by atoms with E-state index >= 15 is 0 Å². The summed E-state index contributed by atoms with van der Waals surface area (Å²) in [6.07, 6.45) is 8.92. The molecule has 1 fully saturated rings. The fourth-order valence-corrected chi connectivity index (χ4v) is 5.32. The number of benzene rings is 1. The fourth-order valence-electron chi connectivity index (χ4n) is 4.03. The molecule has 5 rings (SSSR count). The molecule has 2 N–H and O–H groups in total. The van der Waals surface area contributed by atoms with Crippen molar-refractivity contribution in [3.63, 3.8) is 0 Å². The minimum absolute atomic E-state index is 0.314. The average Bonchev–Trinajstić information content (AvgIpc) is 3.25. The molecule has 0 radical (unpaired) electrons. The number of rotatable bonds is 4. The number of nitrogens with zero attached hydrogens (tertiary/aromatic N) is 5. The van der Waals surface area contributed by atoms with E-state index in [-0.39, 0.29) is 5.56 Å². The van der Waals surface area contributed by atoms with Crippen molar-refractivity contribution in [3.8, 4) is 5.69 Å². The summed E-state index contributed by atoms with van der Waals surface area (Å²) in [5, 5.41) is 12.1. The third-order valence-corrected chi connectivity index (χ3v) is 6.81. The summed E-state index contributed by atoms with van der Waals surface area (Å²) in [5.41, 5.74) is 2.29. The van der Waals surface area contributed by atoms with Crippen LogP contribution in [-0.4, -0.2) is 37.4 Å². The van der Waals surface area contributed by atoms with E-state index in [1.165, 1.54) is 10.8 Å². The highest BCUT2D eigenvalue weighted by atomic mass is 79.9. The van der Waals surface area contributed by atoms with Crippen LogP contribution in [-0.2, 0) is 0 Å². The third kappa shape index (κ3) is 4.38. The number of hydrogen-bond donors (Lipinski definition) is 2. The van der Waals surface area contributed by atoms with Gasteiger partial charge in [0.25, 0.3) is 5.56 Å². The van der Waals surface area contributed by atoms with Gasteiger partial charge in [0.15, 0.2) is 0 Å². The summed E-state index contributed by atoms with van der Waals surface area (Å²) in [4.78, 5) is 22.1. The first-order valence-electron chi connectivity index (χ1n) is 10.5. The second-order valence-corrected chi connectivity index (χ2v) is 9.67. The number of aryl methyl sites for hydroxylation is 1. The Morgan fingerprint density at radius 3 is 2.61 bits per heavy atom. The quantitative estimate of drug-likeness (QED) is 0.372. The molecule has 33 heavy (non-hydrogen) atoms. The second kappa shape index (κ2) is 9.06. The largest absolute Gasteiger partial charge is 0.321 e. The lowest BCUT2D eigenvalue weighted by Gasteiger charge is -2.22. The van der Waals surface area contributed by atoms with Crippen LogP contribution in [0.2, 0.25) is 10.0 Å². The van der Waals surface area contributed by atoms with Crippen LogP contribution in [0.5, 0.6) is 0 Å². The smallest absolute Gasteiger partial charge is 0.266 e. The normalized spacial score (nSPS) is 14.7. The summed E-state index contributed by atoms with van der Waals surface area (Å²) >= 11 is 16.3. The van der Waals surface area contributed by atoms with E-state index in [0.717, 1.165) is 37.2 Å². The molecule has 0 saturated carbocycles. The Morgan fingerprint density at radius 2 is 1.88 bits per heavy atom. The minimum Gasteiger partial charge on any atom is -0.321 e. The van der Waals surface area contributed by atoms with Gasteiger partial charge in [0.1, 0.15) is 0 Å². The Labute approximate surface area is 208 Å². The van der Waals surface area contributed by atoms with E-state index in [2.05, 4.69) is 41.6 Å². The Hall–Kier alpha value is -2.46. The lowest BCUT2D eigenvalue weighted by molar-refractivity contribution is 0.343. The summed E-state index contributed by atoms with van der Waals surface area (Å²) < 4.78 is 4.00. The van der Waals surface area contributed by atoms with E-state index in [4.69, 9.17) is 23.2 Å². The molecule has 170 valence electrons. The van der Waals surface area contributed by atoms with Gasteiger partial charge in [-0.3, -0.25) is 14.0 Å². The van der Waals surface area contributed by atoms with Crippen LogP contribution in [0.4, 0.5) is 11.6 Å². The van der Waals surface area contributed by atoms with Crippen molar-refractivity contribution in [1.29, 1.82) is 0 Å². The molecule has 3 aromatic heterocycles. The van der Waals surface area contributed by atoms with E-state index in [9.17, 15) is 4.79 Å². The van der Waals surface area contributed by atoms with Crippen LogP contribution in [0.1, 0.15) is 24.4 Å². The number of halogens is 3. The van der Waals surface area contributed by atoms with Crippen molar-refractivity contribution in [2.24, 2.45) is 0 Å². The first-order valence-corrected chi connectivity index (χ1v) is 12.0. The van der Waals surface area contributed by atoms with Gasteiger partial charge in [0.05, 0.1) is 49.0 Å². The van der Waals surface area contributed by atoms with E-state index < -0.39 is 0 Å². The van der Waals surface area contributed by atoms with Crippen molar-refractivity contribution in [2.75, 3.05) is 18.4 Å². The standard InChI is InChI=1S/C22H20BrCl2N7O/c1-12-6-17(24)20(18(25)7-12)31-11-16(23)19-15(21(31)33)9-27-22(30-19)29-13-8-28-32(10-13)14-2-4-26-5-3-14/h6-11,14,26H,2-5H2,1H3,(H,27,29,30). The molecule has 1 aromatic carbocycles. The predicted octanol–water partition coefficient (Wildman–Crippen LogP) is 5.02. The van der Waals surface area contributed by atoms with Gasteiger partial charge in [-0.05, 0) is 66.5 Å². The van der Waals surface area contributed by atoms with Gasteiger partial charge in [0, 0.05) is 18.6 Å². The van der Waals surface area contributed by atoms with Crippen LogP contribution in [0.3, 0.4) is 0 Å². The molecular formula is C22H20BrCl2N7O. The van der Waals surface area contributed by atoms with Crippen molar-refractivity contribution < 1.29 is 0 Å². The third-order valence-electron chi connectivity index (χ3n) is 5.65. The van der Waals surface area contributed by atoms with Crippen molar-refractivity contribution >= 4 is 61.7 Å². The first kappa shape index (κ1) is 22.3. The topological polar surface area (TPSA) is 89.7 Å². The number of aromatic nitrogens is 5. The van der Waals surface area contributed by atoms with Crippen molar-refractivity contribution in [3.05, 3.63) is 67.4 Å². The van der Waals surface area contributed by atoms with Crippen molar-refractivity contribution in [2.45, 2.75) is 25.8 Å². The molecule has 11 heteroatoms. The zero-order valence-electron chi connectivity index (χ0n) is 17.6. The molecule has 1 aliphatic heterocycles. The fraction of sp³-hybridized carbons (Fsp3) is 0.273. The maximum atomic E-state index is 13.2. The number of pyridine rings is 1. The maximum absolute atomic E-state index is 13.2. The molecular weight excluding hydrogens is 529 g/mol. The van der Waals surface area contributed by atoms with Gasteiger partial charge < -0.3 is 10.6 Å². The summed E-state index contributed by atoms with van der Waals surface area (Å²) in [5.74, 6) is 0.372. The van der Waals surface area contributed by atoms with Gasteiger partial charge in [0.2, 0.25) is 5.95 Å². The number of fused-ring (bicyclic) bond motifs is 1. The average molecular weight is 549 g/mol. The lowest BCUT2D eigenvalue weighted by atomic mass is 10.1. The highest BCUT2D eigenvalue weighted by Crippen LogP contribution is 2.31. The van der Waals surface area contributed by atoms with E-state index in [1.807, 2.05) is 17.8 Å². The van der Waals surface area contributed by atoms with Crippen molar-refractivity contribution in [1.82, 2.24) is 29.6 Å². The first-order chi connectivity index (χ1) is 15.9. The summed E-state index contributed by atoms with van der Waals surface area (Å²) in [6.45, 7) is 3.87. The van der Waals surface area contributed by atoms with Gasteiger partial charge in [-0.15, -0.1) is 0 Å². The lowest BCUT2D eigenvalue weighted by Crippen LogP contribution is -2.29. The van der Waals surface area contributed by atoms with Gasteiger partial charge in [-0.2, -0.15) is 5.10 Å². The Kier molecular flexibility index (Phi) is 6.13. The van der Waals surface area contributed by atoms with Crippen LogP contribution >= 0.6 is 39.1 Å². The summed E-state index contributed by atoms with van der Waals surface area (Å²) in [6, 6.07) is 3.91. The molecule has 8 nitrogen and oxygen atoms in total. The van der Waals surface area contributed by atoms with Gasteiger partial charge >= 0.3 is 0 Å². The number of anilines is 2. The highest BCUT2D eigenvalue weighted by molar-refractivity contribution is 9.10. The summed E-state index contributed by atoms with van der Waals surface area (Å²) in [7, 11) is 0. The van der Waals surface area contributed by atoms with Gasteiger partial charge in [-0.25, -0.2) is 9.97 Å². The monoisotopic (exact) mass is 547 g/mol. The molecule has 0 aliphatic carbocycles. The molecule has 0 atom stereocenters. The number of piperidine rings is 1. The zero-order chi connectivity index (χ0) is 23.1. The van der Waals surface area contributed by atoms with Crippen LogP contribution in [0, 0.1) is 6.92 Å². The van der Waals surface area contributed by atoms with Crippen LogP contribution < -0.4 is 16.2 Å². The van der Waals surface area contributed by atoms with Crippen LogP contribution in [0.25, 0.3) is 16.6 Å². The molecule has 1 aliphatic rings. The number of nitrogens with one attached hydrogen (secondary N) is 2. The predicted molar refractivity (Wildman–Crippen MR) is 134 cm³/mol. The van der Waals surface area contributed by atoms with E-state index in [1.54, 1.807) is 24.5 Å². The molecule has 0 amide bonds. The Bertz CT molecular complexity index is 1390. The van der Waals surface area contributed by atoms with E-state index in [0.29, 0.717) is 43.1 Å². The zero-order valence-corrected chi connectivity index (χ0v) is 20.7. The Morgan fingerprint density at radius 1 is 1.15 bits per heavy atom. The van der Waals surface area contributed by atoms with Crippen LogP contribution in [0.15, 0.2) is 46.2 Å². The molecule has 4 heterocycles. The molecule has 4 aromatic rings. The van der Waals surface area contributed by atoms with Gasteiger partial charge in [-0.1, -0.05) is 23.2 Å². The minimum atomic E-state index is -0.314. The maximum Gasteiger partial charge on any atom is 0.266 e. The SMILES string of the molecule is Cc1cc(Cl)c(-n2cc(Br)c3nc(Nc4cnn(C5CCNCC5)c4)ncc3c2=O)c(Cl)c1. The molecule has 0 spiro atoms. The molecule has 0 unspecified atom stereocenters. The Balaban J connectivity index is 1.48. The number of hydrogen-bond acceptors (Lipinski definition) is 6. The molecule has 1 saturated heterocycles. The molecule has 0 bridgehead atoms. The highest BCUT2D eigenvalue weighted by Gasteiger charge is 2.18.